The number of amides is 2. The molecule has 1 aromatic rings. The van der Waals surface area contributed by atoms with Gasteiger partial charge in [0, 0.05) is 70.1 Å². The summed E-state index contributed by atoms with van der Waals surface area (Å²) in [5.74, 6) is 0.722. The number of carbonyl (C=O) groups excluding carboxylic acids is 2. The van der Waals surface area contributed by atoms with Crippen molar-refractivity contribution in [3.63, 3.8) is 0 Å². The Kier molecular flexibility index (Phi) is 8.65. The molecule has 0 aliphatic carbocycles. The molecule has 4 aliphatic heterocycles. The van der Waals surface area contributed by atoms with Crippen LogP contribution in [-0.2, 0) is 14.3 Å². The summed E-state index contributed by atoms with van der Waals surface area (Å²) >= 11 is 0. The molecule has 37 heavy (non-hydrogen) atoms. The van der Waals surface area contributed by atoms with Crippen molar-refractivity contribution in [3.05, 3.63) is 29.6 Å². The largest absolute Gasteiger partial charge is 0.381 e. The van der Waals surface area contributed by atoms with Crippen LogP contribution in [0.25, 0.3) is 0 Å². The van der Waals surface area contributed by atoms with E-state index >= 15 is 0 Å². The Balaban J connectivity index is 1.16. The van der Waals surface area contributed by atoms with Gasteiger partial charge >= 0.3 is 0 Å². The monoisotopic (exact) mass is 514 g/mol. The topological polar surface area (TPSA) is 65.1 Å². The number of hydrogen-bond acceptors (Lipinski definition) is 5. The van der Waals surface area contributed by atoms with E-state index in [0.717, 1.165) is 103 Å². The van der Waals surface area contributed by atoms with E-state index in [1.165, 1.54) is 5.56 Å². The molecule has 7 nitrogen and oxygen atoms in total. The Bertz CT molecular complexity index is 937. The van der Waals surface area contributed by atoms with Crippen LogP contribution >= 0.6 is 0 Å². The summed E-state index contributed by atoms with van der Waals surface area (Å²) in [6.45, 7) is 9.26. The van der Waals surface area contributed by atoms with Crippen molar-refractivity contribution in [2.24, 2.45) is 11.8 Å². The highest BCUT2D eigenvalue weighted by Crippen LogP contribution is 2.37. The van der Waals surface area contributed by atoms with Gasteiger partial charge in [0.05, 0.1) is 5.92 Å². The minimum Gasteiger partial charge on any atom is -0.381 e. The minimum atomic E-state index is -0.215. The Labute approximate surface area is 220 Å². The third-order valence-electron chi connectivity index (χ3n) is 9.07. The number of hydrogen-bond donors (Lipinski definition) is 1. The molecule has 1 aromatic carbocycles. The number of ether oxygens (including phenoxy) is 1. The van der Waals surface area contributed by atoms with Gasteiger partial charge in [-0.2, -0.15) is 0 Å². The number of nitrogens with one attached hydrogen (secondary N) is 1. The maximum absolute atomic E-state index is 14.3. The summed E-state index contributed by atoms with van der Waals surface area (Å²) in [4.78, 5) is 32.5. The van der Waals surface area contributed by atoms with Crippen LogP contribution in [0, 0.1) is 17.7 Å². The third kappa shape index (κ3) is 6.11. The van der Waals surface area contributed by atoms with Gasteiger partial charge in [0.2, 0.25) is 11.8 Å². The number of likely N-dealkylation sites (tertiary alicyclic amines) is 2. The van der Waals surface area contributed by atoms with E-state index < -0.39 is 0 Å². The van der Waals surface area contributed by atoms with Crippen LogP contribution in [0.4, 0.5) is 10.1 Å². The Hall–Kier alpha value is -2.19. The van der Waals surface area contributed by atoms with Gasteiger partial charge in [-0.15, -0.1) is 0 Å². The van der Waals surface area contributed by atoms with Crippen LogP contribution in [0.15, 0.2) is 18.2 Å². The fourth-order valence-corrected chi connectivity index (χ4v) is 6.88. The smallest absolute Gasteiger partial charge is 0.227 e. The molecule has 0 aromatic heterocycles. The lowest BCUT2D eigenvalue weighted by atomic mass is 9.86. The van der Waals surface area contributed by atoms with Gasteiger partial charge in [0.15, 0.2) is 0 Å². The molecule has 8 heteroatoms. The molecule has 4 saturated heterocycles. The zero-order chi connectivity index (χ0) is 25.8. The zero-order valence-corrected chi connectivity index (χ0v) is 22.3. The van der Waals surface area contributed by atoms with Crippen molar-refractivity contribution < 1.29 is 18.7 Å². The van der Waals surface area contributed by atoms with E-state index in [0.29, 0.717) is 24.4 Å². The molecular weight excluding hydrogens is 471 g/mol. The fraction of sp³-hybridized carbons (Fsp3) is 0.724. The van der Waals surface area contributed by atoms with Gasteiger partial charge in [-0.05, 0) is 82.0 Å². The van der Waals surface area contributed by atoms with Crippen LogP contribution in [-0.4, -0.2) is 86.7 Å². The average molecular weight is 515 g/mol. The molecule has 0 saturated carbocycles. The number of piperidine rings is 2. The molecule has 0 unspecified atom stereocenters. The molecule has 4 heterocycles. The highest BCUT2D eigenvalue weighted by molar-refractivity contribution is 5.80. The van der Waals surface area contributed by atoms with Crippen molar-refractivity contribution in [2.45, 2.75) is 63.8 Å². The molecule has 2 amide bonds. The first kappa shape index (κ1) is 26.4. The molecule has 1 atom stereocenters. The Morgan fingerprint density at radius 1 is 0.946 bits per heavy atom. The fourth-order valence-electron chi connectivity index (χ4n) is 6.88. The van der Waals surface area contributed by atoms with Crippen LogP contribution in [0.5, 0.6) is 0 Å². The van der Waals surface area contributed by atoms with E-state index in [4.69, 9.17) is 4.74 Å². The Morgan fingerprint density at radius 3 is 2.35 bits per heavy atom. The molecular formula is C29H43FN4O3. The number of anilines is 1. The van der Waals surface area contributed by atoms with Crippen molar-refractivity contribution >= 4 is 17.5 Å². The maximum Gasteiger partial charge on any atom is 0.227 e. The summed E-state index contributed by atoms with van der Waals surface area (Å²) in [6, 6.07) is 5.76. The van der Waals surface area contributed by atoms with Crippen molar-refractivity contribution in [2.75, 3.05) is 63.9 Å². The van der Waals surface area contributed by atoms with Gasteiger partial charge in [-0.3, -0.25) is 14.5 Å². The number of benzene rings is 1. The predicted octanol–water partition coefficient (Wildman–Crippen LogP) is 3.39. The lowest BCUT2D eigenvalue weighted by molar-refractivity contribution is -0.136. The van der Waals surface area contributed by atoms with Crippen LogP contribution in [0.3, 0.4) is 0 Å². The number of nitrogens with zero attached hydrogens (tertiary/aromatic N) is 3. The van der Waals surface area contributed by atoms with Gasteiger partial charge < -0.3 is 19.9 Å². The van der Waals surface area contributed by atoms with Crippen molar-refractivity contribution in [1.82, 2.24) is 15.1 Å². The van der Waals surface area contributed by atoms with E-state index in [1.807, 2.05) is 13.0 Å². The van der Waals surface area contributed by atoms with E-state index in [2.05, 4.69) is 20.0 Å². The van der Waals surface area contributed by atoms with Gasteiger partial charge in [-0.1, -0.05) is 6.07 Å². The number of rotatable bonds is 6. The quantitative estimate of drug-likeness (QED) is 0.631. The summed E-state index contributed by atoms with van der Waals surface area (Å²) < 4.78 is 19.8. The lowest BCUT2D eigenvalue weighted by Crippen LogP contribution is -2.44. The first-order chi connectivity index (χ1) is 18.0. The second-order valence-electron chi connectivity index (χ2n) is 11.3. The minimum absolute atomic E-state index is 0.0421. The van der Waals surface area contributed by atoms with E-state index in [-0.39, 0.29) is 23.6 Å². The molecule has 0 radical (unpaired) electrons. The maximum atomic E-state index is 14.3. The standard InChI is InChI=1S/C29H43FN4O3/c1-2-31-28(35)22-7-12-32(13-8-22)27-19-24(30)3-4-26(27)21-5-14-33(15-6-21)29(36)23-9-16-34(20-23)25-10-17-37-18-11-25/h3-4,19,21-23,25H,2,5-18,20H2,1H3,(H,31,35)/t23-/m0/s1. The summed E-state index contributed by atoms with van der Waals surface area (Å²) in [7, 11) is 0. The molecule has 5 rings (SSSR count). The molecule has 4 aliphatic rings. The third-order valence-corrected chi connectivity index (χ3v) is 9.07. The molecule has 204 valence electrons. The summed E-state index contributed by atoms with van der Waals surface area (Å²) in [5.41, 5.74) is 2.17. The number of halogens is 1. The first-order valence-corrected chi connectivity index (χ1v) is 14.5. The van der Waals surface area contributed by atoms with Crippen molar-refractivity contribution in [3.8, 4) is 0 Å². The normalized spacial score (nSPS) is 25.0. The zero-order valence-electron chi connectivity index (χ0n) is 22.3. The highest BCUT2D eigenvalue weighted by atomic mass is 19.1. The predicted molar refractivity (Wildman–Crippen MR) is 142 cm³/mol. The van der Waals surface area contributed by atoms with Crippen LogP contribution < -0.4 is 10.2 Å². The van der Waals surface area contributed by atoms with Crippen molar-refractivity contribution in [1.29, 1.82) is 0 Å². The van der Waals surface area contributed by atoms with Gasteiger partial charge in [0.1, 0.15) is 5.82 Å². The molecule has 0 bridgehead atoms. The molecule has 1 N–H and O–H groups in total. The highest BCUT2D eigenvalue weighted by Gasteiger charge is 2.36. The molecule has 0 spiro atoms. The Morgan fingerprint density at radius 2 is 1.65 bits per heavy atom. The van der Waals surface area contributed by atoms with Gasteiger partial charge in [-0.25, -0.2) is 4.39 Å². The lowest BCUT2D eigenvalue weighted by Gasteiger charge is -2.38. The van der Waals surface area contributed by atoms with Gasteiger partial charge in [0.25, 0.3) is 0 Å². The number of carbonyl (C=O) groups is 2. The van der Waals surface area contributed by atoms with E-state index in [9.17, 15) is 14.0 Å². The average Bonchev–Trinajstić information content (AvgIpc) is 3.44. The second kappa shape index (κ2) is 12.1. The van der Waals surface area contributed by atoms with Crippen LogP contribution in [0.1, 0.15) is 63.4 Å². The summed E-state index contributed by atoms with van der Waals surface area (Å²) in [5, 5.41) is 2.94. The second-order valence-corrected chi connectivity index (χ2v) is 11.3. The SMILES string of the molecule is CCNC(=O)C1CCN(c2cc(F)ccc2C2CCN(C(=O)[C@H]3CCN(C4CCOCC4)C3)CC2)CC1. The van der Waals surface area contributed by atoms with E-state index in [1.54, 1.807) is 12.1 Å². The van der Waals surface area contributed by atoms with Crippen LogP contribution in [0.2, 0.25) is 0 Å². The first-order valence-electron chi connectivity index (χ1n) is 14.5. The summed E-state index contributed by atoms with van der Waals surface area (Å²) in [6.07, 6.45) is 6.53. The molecule has 4 fully saturated rings.